The first-order valence-electron chi connectivity index (χ1n) is 10.3. The summed E-state index contributed by atoms with van der Waals surface area (Å²) in [5, 5.41) is 13.0. The molecule has 1 aliphatic rings. The third kappa shape index (κ3) is 5.64. The summed E-state index contributed by atoms with van der Waals surface area (Å²) in [6.45, 7) is 1.79. The van der Waals surface area contributed by atoms with Crippen LogP contribution in [-0.2, 0) is 26.0 Å². The Kier molecular flexibility index (Phi) is 7.35. The first-order chi connectivity index (χ1) is 14.7. The van der Waals surface area contributed by atoms with Crippen molar-refractivity contribution in [1.29, 1.82) is 0 Å². The Morgan fingerprint density at radius 2 is 1.84 bits per heavy atom. The highest BCUT2D eigenvalue weighted by molar-refractivity contribution is 7.92. The summed E-state index contributed by atoms with van der Waals surface area (Å²) < 4.78 is 37.0. The fourth-order valence-electron chi connectivity index (χ4n) is 3.84. The molecule has 0 amide bonds. The van der Waals surface area contributed by atoms with E-state index in [0.29, 0.717) is 12.2 Å². The van der Waals surface area contributed by atoms with Gasteiger partial charge < -0.3 is 14.6 Å². The molecule has 0 heterocycles. The zero-order chi connectivity index (χ0) is 22.5. The smallest absolute Gasteiger partial charge is 0.320 e. The largest absolute Gasteiger partial charge is 0.497 e. The number of methoxy groups -OCH3 is 1. The molecule has 0 aliphatic heterocycles. The van der Waals surface area contributed by atoms with Gasteiger partial charge in [-0.05, 0) is 55.0 Å². The maximum absolute atomic E-state index is 13.3. The first kappa shape index (κ1) is 23.2. The van der Waals surface area contributed by atoms with Gasteiger partial charge in [-0.1, -0.05) is 37.3 Å². The Balaban J connectivity index is 1.71. The number of aliphatic hydroxyl groups is 1. The lowest BCUT2D eigenvalue weighted by Gasteiger charge is -2.42. The van der Waals surface area contributed by atoms with Gasteiger partial charge in [0.1, 0.15) is 23.3 Å². The summed E-state index contributed by atoms with van der Waals surface area (Å²) in [7, 11) is -2.35. The van der Waals surface area contributed by atoms with E-state index < -0.39 is 26.8 Å². The summed E-state index contributed by atoms with van der Waals surface area (Å²) in [5.74, 6) is 0.118. The molecule has 0 spiro atoms. The van der Waals surface area contributed by atoms with Crippen LogP contribution in [0, 0.1) is 5.92 Å². The number of benzene rings is 2. The molecule has 2 aromatic rings. The molecule has 1 fully saturated rings. The molecule has 31 heavy (non-hydrogen) atoms. The van der Waals surface area contributed by atoms with Gasteiger partial charge in [0.2, 0.25) is 0 Å². The molecular weight excluding hydrogens is 418 g/mol. The number of ether oxygens (including phenoxy) is 2. The lowest BCUT2D eigenvalue weighted by molar-refractivity contribution is -0.146. The standard InChI is InChI=1S/C23H29NO6S/c1-17-12-13-23(26,24-15-22(25)30-16-18-6-4-3-5-7-18)21(14-17)31(27,28)20-10-8-19(29-2)9-11-20/h3-11,17,21,24,26H,12-16H2,1-2H3/t17?,21-,23+/m1/s1. The summed E-state index contributed by atoms with van der Waals surface area (Å²) in [4.78, 5) is 12.3. The van der Waals surface area contributed by atoms with E-state index in [1.54, 1.807) is 12.1 Å². The van der Waals surface area contributed by atoms with Crippen LogP contribution in [0.3, 0.4) is 0 Å². The van der Waals surface area contributed by atoms with Crippen molar-refractivity contribution in [2.24, 2.45) is 5.92 Å². The minimum Gasteiger partial charge on any atom is -0.497 e. The quantitative estimate of drug-likeness (QED) is 0.474. The number of nitrogens with one attached hydrogen (secondary N) is 1. The minimum absolute atomic E-state index is 0.110. The van der Waals surface area contributed by atoms with Gasteiger partial charge >= 0.3 is 5.97 Å². The lowest BCUT2D eigenvalue weighted by Crippen LogP contribution is -2.61. The topological polar surface area (TPSA) is 102 Å². The van der Waals surface area contributed by atoms with Crippen LogP contribution >= 0.6 is 0 Å². The molecule has 2 aromatic carbocycles. The highest BCUT2D eigenvalue weighted by atomic mass is 32.2. The fourth-order valence-corrected chi connectivity index (χ4v) is 5.98. The van der Waals surface area contributed by atoms with Crippen LogP contribution in [0.25, 0.3) is 0 Å². The molecule has 8 heteroatoms. The highest BCUT2D eigenvalue weighted by Gasteiger charge is 2.48. The predicted molar refractivity (Wildman–Crippen MR) is 116 cm³/mol. The Morgan fingerprint density at radius 1 is 1.16 bits per heavy atom. The van der Waals surface area contributed by atoms with Crippen molar-refractivity contribution in [1.82, 2.24) is 5.32 Å². The van der Waals surface area contributed by atoms with E-state index in [2.05, 4.69) is 5.32 Å². The van der Waals surface area contributed by atoms with Crippen LogP contribution in [0.4, 0.5) is 0 Å². The van der Waals surface area contributed by atoms with Gasteiger partial charge in [0.05, 0.1) is 18.6 Å². The van der Waals surface area contributed by atoms with Crippen LogP contribution in [0.5, 0.6) is 5.75 Å². The Hall–Kier alpha value is -2.42. The monoisotopic (exact) mass is 447 g/mol. The molecule has 0 aromatic heterocycles. The number of hydrogen-bond acceptors (Lipinski definition) is 7. The molecule has 1 unspecified atom stereocenters. The van der Waals surface area contributed by atoms with Crippen LogP contribution in [-0.4, -0.2) is 44.1 Å². The van der Waals surface area contributed by atoms with Crippen LogP contribution in [0.2, 0.25) is 0 Å². The molecule has 3 atom stereocenters. The molecule has 1 saturated carbocycles. The van der Waals surface area contributed by atoms with Crippen LogP contribution in [0.1, 0.15) is 31.7 Å². The van der Waals surface area contributed by atoms with E-state index in [-0.39, 0.29) is 36.8 Å². The van der Waals surface area contributed by atoms with E-state index in [1.165, 1.54) is 19.2 Å². The number of rotatable bonds is 8. The Bertz CT molecular complexity index is 977. The number of carbonyl (C=O) groups excluding carboxylic acids is 1. The van der Waals surface area contributed by atoms with Gasteiger partial charge in [0.25, 0.3) is 0 Å². The highest BCUT2D eigenvalue weighted by Crippen LogP contribution is 2.37. The molecule has 0 saturated heterocycles. The second kappa shape index (κ2) is 9.80. The van der Waals surface area contributed by atoms with E-state index >= 15 is 0 Å². The maximum Gasteiger partial charge on any atom is 0.320 e. The second-order valence-electron chi connectivity index (χ2n) is 8.01. The van der Waals surface area contributed by atoms with Crippen molar-refractivity contribution < 1.29 is 27.8 Å². The van der Waals surface area contributed by atoms with E-state index in [9.17, 15) is 18.3 Å². The van der Waals surface area contributed by atoms with Gasteiger partial charge in [-0.2, -0.15) is 0 Å². The number of hydrogen-bond donors (Lipinski definition) is 2. The zero-order valence-electron chi connectivity index (χ0n) is 17.8. The summed E-state index contributed by atoms with van der Waals surface area (Å²) in [5.41, 5.74) is -0.877. The number of esters is 1. The third-order valence-electron chi connectivity index (χ3n) is 5.71. The third-order valence-corrected chi connectivity index (χ3v) is 7.97. The van der Waals surface area contributed by atoms with Crippen molar-refractivity contribution >= 4 is 15.8 Å². The summed E-state index contributed by atoms with van der Waals surface area (Å²) >= 11 is 0. The van der Waals surface area contributed by atoms with Gasteiger partial charge in [0.15, 0.2) is 9.84 Å². The van der Waals surface area contributed by atoms with Gasteiger partial charge in [0, 0.05) is 0 Å². The second-order valence-corrected chi connectivity index (χ2v) is 10.1. The molecular formula is C23H29NO6S. The van der Waals surface area contributed by atoms with Crippen molar-refractivity contribution in [3.8, 4) is 5.75 Å². The zero-order valence-corrected chi connectivity index (χ0v) is 18.6. The molecule has 1 aliphatic carbocycles. The Labute approximate surface area is 183 Å². The summed E-state index contributed by atoms with van der Waals surface area (Å²) in [6, 6.07) is 15.4. The minimum atomic E-state index is -3.85. The Morgan fingerprint density at radius 3 is 2.48 bits per heavy atom. The molecule has 0 radical (unpaired) electrons. The van der Waals surface area contributed by atoms with Crippen LogP contribution < -0.4 is 10.1 Å². The first-order valence-corrected chi connectivity index (χ1v) is 11.8. The average molecular weight is 448 g/mol. The molecule has 168 valence electrons. The van der Waals surface area contributed by atoms with Crippen molar-refractivity contribution in [2.75, 3.05) is 13.7 Å². The van der Waals surface area contributed by atoms with Crippen molar-refractivity contribution in [3.05, 3.63) is 60.2 Å². The van der Waals surface area contributed by atoms with Crippen molar-refractivity contribution in [3.63, 3.8) is 0 Å². The predicted octanol–water partition coefficient (Wildman–Crippen LogP) is 2.68. The average Bonchev–Trinajstić information content (AvgIpc) is 2.79. The van der Waals surface area contributed by atoms with Gasteiger partial charge in [-0.25, -0.2) is 8.42 Å². The fraction of sp³-hybridized carbons (Fsp3) is 0.435. The van der Waals surface area contributed by atoms with E-state index in [0.717, 1.165) is 5.56 Å². The molecule has 7 nitrogen and oxygen atoms in total. The van der Waals surface area contributed by atoms with Crippen LogP contribution in [0.15, 0.2) is 59.5 Å². The van der Waals surface area contributed by atoms with Gasteiger partial charge in [-0.15, -0.1) is 0 Å². The lowest BCUT2D eigenvalue weighted by atomic mass is 9.84. The molecule has 0 bridgehead atoms. The van der Waals surface area contributed by atoms with Gasteiger partial charge in [-0.3, -0.25) is 10.1 Å². The number of sulfone groups is 1. The SMILES string of the molecule is COc1ccc(S(=O)(=O)[C@@H]2CC(C)CC[C@@]2(O)NCC(=O)OCc2ccccc2)cc1. The maximum atomic E-state index is 13.3. The van der Waals surface area contributed by atoms with E-state index in [1.807, 2.05) is 37.3 Å². The molecule has 2 N–H and O–H groups in total. The molecule has 3 rings (SSSR count). The van der Waals surface area contributed by atoms with E-state index in [4.69, 9.17) is 9.47 Å². The summed E-state index contributed by atoms with van der Waals surface area (Å²) in [6.07, 6.45) is 1.16. The van der Waals surface area contributed by atoms with Crippen molar-refractivity contribution in [2.45, 2.75) is 48.7 Å². The normalized spacial score (nSPS) is 23.8. The number of carbonyl (C=O) groups is 1.